The zero-order valence-corrected chi connectivity index (χ0v) is 9.61. The Morgan fingerprint density at radius 3 is 1.83 bits per heavy atom. The Kier molecular flexibility index (Phi) is 5.61. The summed E-state index contributed by atoms with van der Waals surface area (Å²) in [6, 6.07) is 0. The summed E-state index contributed by atoms with van der Waals surface area (Å²) in [4.78, 5) is 0. The molecule has 1 rings (SSSR count). The van der Waals surface area contributed by atoms with Crippen LogP contribution in [0.15, 0.2) is 0 Å². The summed E-state index contributed by atoms with van der Waals surface area (Å²) in [6.45, 7) is 11.3. The second-order valence-corrected chi connectivity index (χ2v) is 4.89. The molecule has 0 aromatic carbocycles. The first-order valence-electron chi connectivity index (χ1n) is 5.55. The highest BCUT2D eigenvalue weighted by atomic mass is 14.3. The molecule has 1 aliphatic carbocycles. The summed E-state index contributed by atoms with van der Waals surface area (Å²) in [5.74, 6) is 1.04. The van der Waals surface area contributed by atoms with E-state index in [2.05, 4.69) is 34.6 Å². The van der Waals surface area contributed by atoms with Crippen molar-refractivity contribution in [1.82, 2.24) is 0 Å². The maximum atomic E-state index is 2.39. The standard InChI is InChI=1S/C9H18.C3H8/c1-4-8-5-6-9(2,3)7-8;1-3-2/h8H,4-7H2,1-3H3;3H2,1-2H3. The van der Waals surface area contributed by atoms with Gasteiger partial charge in [-0.2, -0.15) is 0 Å². The van der Waals surface area contributed by atoms with E-state index in [9.17, 15) is 0 Å². The Labute approximate surface area is 78.8 Å². The Hall–Kier alpha value is 0. The third-order valence-corrected chi connectivity index (χ3v) is 2.65. The molecule has 12 heavy (non-hydrogen) atoms. The van der Waals surface area contributed by atoms with E-state index in [1.54, 1.807) is 0 Å². The average molecular weight is 170 g/mol. The van der Waals surface area contributed by atoms with Crippen molar-refractivity contribution < 1.29 is 0 Å². The fourth-order valence-electron chi connectivity index (χ4n) is 1.93. The average Bonchev–Trinajstić information content (AvgIpc) is 2.32. The van der Waals surface area contributed by atoms with Gasteiger partial charge in [0.15, 0.2) is 0 Å². The van der Waals surface area contributed by atoms with Crippen molar-refractivity contribution in [1.29, 1.82) is 0 Å². The van der Waals surface area contributed by atoms with Crippen molar-refractivity contribution in [3.05, 3.63) is 0 Å². The van der Waals surface area contributed by atoms with Gasteiger partial charge in [0.2, 0.25) is 0 Å². The third kappa shape index (κ3) is 4.79. The van der Waals surface area contributed by atoms with Crippen LogP contribution in [-0.2, 0) is 0 Å². The van der Waals surface area contributed by atoms with Crippen molar-refractivity contribution in [2.45, 2.75) is 66.7 Å². The second kappa shape index (κ2) is 5.61. The first-order chi connectivity index (χ1) is 5.55. The van der Waals surface area contributed by atoms with Crippen LogP contribution >= 0.6 is 0 Å². The van der Waals surface area contributed by atoms with Crippen LogP contribution in [0.4, 0.5) is 0 Å². The molecule has 0 heteroatoms. The van der Waals surface area contributed by atoms with Crippen LogP contribution in [0.3, 0.4) is 0 Å². The molecule has 0 aromatic heterocycles. The third-order valence-electron chi connectivity index (χ3n) is 2.65. The summed E-state index contributed by atoms with van der Waals surface area (Å²) in [5, 5.41) is 0. The van der Waals surface area contributed by atoms with E-state index in [0.717, 1.165) is 5.92 Å². The number of hydrogen-bond donors (Lipinski definition) is 0. The summed E-state index contributed by atoms with van der Waals surface area (Å²) >= 11 is 0. The quantitative estimate of drug-likeness (QED) is 0.538. The topological polar surface area (TPSA) is 0 Å². The lowest BCUT2D eigenvalue weighted by molar-refractivity contribution is 0.358. The van der Waals surface area contributed by atoms with Crippen LogP contribution in [-0.4, -0.2) is 0 Å². The molecule has 74 valence electrons. The normalized spacial score (nSPS) is 26.2. The highest BCUT2D eigenvalue weighted by molar-refractivity contribution is 4.80. The van der Waals surface area contributed by atoms with E-state index in [0.29, 0.717) is 5.41 Å². The molecule has 0 saturated heterocycles. The zero-order chi connectivity index (χ0) is 9.61. The van der Waals surface area contributed by atoms with Crippen LogP contribution in [0, 0.1) is 11.3 Å². The first-order valence-corrected chi connectivity index (χ1v) is 5.55. The van der Waals surface area contributed by atoms with E-state index < -0.39 is 0 Å². The second-order valence-electron chi connectivity index (χ2n) is 4.89. The van der Waals surface area contributed by atoms with Gasteiger partial charge in [0.25, 0.3) is 0 Å². The molecule has 1 aliphatic rings. The fraction of sp³-hybridized carbons (Fsp3) is 1.00. The minimum absolute atomic E-state index is 0.667. The van der Waals surface area contributed by atoms with Gasteiger partial charge >= 0.3 is 0 Å². The van der Waals surface area contributed by atoms with E-state index >= 15 is 0 Å². The monoisotopic (exact) mass is 170 g/mol. The van der Waals surface area contributed by atoms with E-state index in [1.807, 2.05) is 0 Å². The molecule has 0 N–H and O–H groups in total. The van der Waals surface area contributed by atoms with Crippen molar-refractivity contribution in [3.63, 3.8) is 0 Å². The molecule has 0 aliphatic heterocycles. The van der Waals surface area contributed by atoms with Crippen LogP contribution in [0.5, 0.6) is 0 Å². The summed E-state index contributed by atoms with van der Waals surface area (Å²) in [6.07, 6.45) is 7.03. The minimum atomic E-state index is 0.667. The molecule has 1 unspecified atom stereocenters. The van der Waals surface area contributed by atoms with Crippen molar-refractivity contribution in [2.75, 3.05) is 0 Å². The Balaban J connectivity index is 0.000000354. The molecule has 1 saturated carbocycles. The van der Waals surface area contributed by atoms with Crippen molar-refractivity contribution in [2.24, 2.45) is 11.3 Å². The minimum Gasteiger partial charge on any atom is -0.0656 e. The van der Waals surface area contributed by atoms with Gasteiger partial charge < -0.3 is 0 Å². The maximum absolute atomic E-state index is 2.39. The Morgan fingerprint density at radius 1 is 1.17 bits per heavy atom. The van der Waals surface area contributed by atoms with Gasteiger partial charge in [0.1, 0.15) is 0 Å². The van der Waals surface area contributed by atoms with Crippen molar-refractivity contribution >= 4 is 0 Å². The predicted octanol–water partition coefficient (Wildman–Crippen LogP) is 4.64. The maximum Gasteiger partial charge on any atom is -0.0351 e. The molecular formula is C12H26. The Morgan fingerprint density at radius 2 is 1.67 bits per heavy atom. The molecule has 1 fully saturated rings. The molecular weight excluding hydrogens is 144 g/mol. The van der Waals surface area contributed by atoms with E-state index in [4.69, 9.17) is 0 Å². The Bertz CT molecular complexity index is 103. The van der Waals surface area contributed by atoms with Gasteiger partial charge in [-0.1, -0.05) is 47.5 Å². The van der Waals surface area contributed by atoms with Crippen molar-refractivity contribution in [3.8, 4) is 0 Å². The summed E-state index contributed by atoms with van der Waals surface area (Å²) in [7, 11) is 0. The molecule has 0 spiro atoms. The molecule has 0 nitrogen and oxygen atoms in total. The zero-order valence-electron chi connectivity index (χ0n) is 9.61. The summed E-state index contributed by atoms with van der Waals surface area (Å²) < 4.78 is 0. The molecule has 0 heterocycles. The highest BCUT2D eigenvalue weighted by Crippen LogP contribution is 2.41. The smallest absolute Gasteiger partial charge is 0.0351 e. The predicted molar refractivity (Wildman–Crippen MR) is 57.4 cm³/mol. The molecule has 0 radical (unpaired) electrons. The first kappa shape index (κ1) is 12.0. The SMILES string of the molecule is CCC.CCC1CCC(C)(C)C1. The van der Waals surface area contributed by atoms with Gasteiger partial charge in [0.05, 0.1) is 0 Å². The lowest BCUT2D eigenvalue weighted by atomic mass is 9.90. The van der Waals surface area contributed by atoms with Gasteiger partial charge in [-0.3, -0.25) is 0 Å². The van der Waals surface area contributed by atoms with Crippen LogP contribution in [0.1, 0.15) is 66.7 Å². The van der Waals surface area contributed by atoms with Gasteiger partial charge in [-0.05, 0) is 30.6 Å². The van der Waals surface area contributed by atoms with Crippen LogP contribution in [0.2, 0.25) is 0 Å². The van der Waals surface area contributed by atoms with E-state index in [-0.39, 0.29) is 0 Å². The molecule has 1 atom stereocenters. The molecule has 0 bridgehead atoms. The number of rotatable bonds is 1. The molecule has 0 amide bonds. The molecule has 0 aromatic rings. The van der Waals surface area contributed by atoms with Crippen LogP contribution < -0.4 is 0 Å². The van der Waals surface area contributed by atoms with Gasteiger partial charge in [0, 0.05) is 0 Å². The lowest BCUT2D eigenvalue weighted by Crippen LogP contribution is -2.04. The van der Waals surface area contributed by atoms with E-state index in [1.165, 1.54) is 32.1 Å². The summed E-state index contributed by atoms with van der Waals surface area (Å²) in [5.41, 5.74) is 0.667. The lowest BCUT2D eigenvalue weighted by Gasteiger charge is -2.15. The number of hydrogen-bond acceptors (Lipinski definition) is 0. The highest BCUT2D eigenvalue weighted by Gasteiger charge is 2.29. The van der Waals surface area contributed by atoms with Gasteiger partial charge in [-0.25, -0.2) is 0 Å². The largest absolute Gasteiger partial charge is 0.0656 e. The van der Waals surface area contributed by atoms with Gasteiger partial charge in [-0.15, -0.1) is 0 Å². The van der Waals surface area contributed by atoms with Crippen LogP contribution in [0.25, 0.3) is 0 Å². The fourth-order valence-corrected chi connectivity index (χ4v) is 1.93.